The van der Waals surface area contributed by atoms with Crippen molar-refractivity contribution in [2.24, 2.45) is 0 Å². The number of carbonyl (C=O) groups is 2. The van der Waals surface area contributed by atoms with Crippen LogP contribution in [0, 0.1) is 0 Å². The number of hydrogen-bond donors (Lipinski definition) is 0. The van der Waals surface area contributed by atoms with Crippen LogP contribution in [-0.2, 0) is 16.1 Å². The van der Waals surface area contributed by atoms with Gasteiger partial charge in [-0.2, -0.15) is 0 Å². The van der Waals surface area contributed by atoms with Crippen molar-refractivity contribution >= 4 is 23.0 Å². The zero-order valence-corrected chi connectivity index (χ0v) is 19.9. The van der Waals surface area contributed by atoms with E-state index in [-0.39, 0.29) is 30.6 Å². The molecule has 1 aliphatic heterocycles. The molecule has 4 rings (SSSR count). The fraction of sp³-hybridized carbons (Fsp3) is 0.241. The van der Waals surface area contributed by atoms with Crippen LogP contribution in [0.1, 0.15) is 44.4 Å². The highest BCUT2D eigenvalue weighted by Crippen LogP contribution is 2.37. The normalized spacial score (nSPS) is 13.9. The summed E-state index contributed by atoms with van der Waals surface area (Å²) in [6, 6.07) is 24.2. The van der Waals surface area contributed by atoms with Crippen molar-refractivity contribution in [3.63, 3.8) is 0 Å². The first-order valence-corrected chi connectivity index (χ1v) is 11.5. The van der Waals surface area contributed by atoms with Gasteiger partial charge in [0.15, 0.2) is 0 Å². The molecule has 3 aromatic carbocycles. The lowest BCUT2D eigenvalue weighted by Gasteiger charge is -2.15. The summed E-state index contributed by atoms with van der Waals surface area (Å²) in [6.45, 7) is 8.06. The molecule has 1 aliphatic rings. The molecule has 0 saturated carbocycles. The molecular weight excluding hydrogens is 426 g/mol. The first-order chi connectivity index (χ1) is 16.3. The monoisotopic (exact) mass is 455 g/mol. The molecule has 0 bridgehead atoms. The van der Waals surface area contributed by atoms with Gasteiger partial charge in [-0.1, -0.05) is 54.6 Å². The van der Waals surface area contributed by atoms with Gasteiger partial charge in [0, 0.05) is 0 Å². The zero-order valence-electron chi connectivity index (χ0n) is 19.9. The van der Waals surface area contributed by atoms with E-state index in [1.54, 1.807) is 0 Å². The minimum Gasteiger partial charge on any atom is -0.491 e. The fourth-order valence-electron chi connectivity index (χ4n) is 3.97. The molecule has 0 spiro atoms. The third kappa shape index (κ3) is 5.04. The standard InChI is InChI=1S/C29H29NO4/c1-19(2)33-24-14-10-22(11-15-24)26-27(23-12-16-25(17-13-23)34-20(3)4)29(32)30(28(26)31)18-21-8-6-5-7-9-21/h5-17,19-20H,18H2,1-4H3. The van der Waals surface area contributed by atoms with E-state index in [4.69, 9.17) is 9.47 Å². The number of benzene rings is 3. The van der Waals surface area contributed by atoms with E-state index in [0.29, 0.717) is 33.8 Å². The van der Waals surface area contributed by atoms with Crippen molar-refractivity contribution in [3.8, 4) is 11.5 Å². The molecule has 174 valence electrons. The molecule has 0 radical (unpaired) electrons. The Morgan fingerprint density at radius 3 is 1.41 bits per heavy atom. The molecule has 0 saturated heterocycles. The maximum atomic E-state index is 13.6. The van der Waals surface area contributed by atoms with Gasteiger partial charge in [-0.3, -0.25) is 14.5 Å². The first kappa shape index (κ1) is 23.3. The molecule has 2 amide bonds. The van der Waals surface area contributed by atoms with Crippen molar-refractivity contribution in [2.75, 3.05) is 0 Å². The predicted octanol–water partition coefficient (Wildman–Crippen LogP) is 5.74. The lowest BCUT2D eigenvalue weighted by atomic mass is 9.96. The van der Waals surface area contributed by atoms with Crippen molar-refractivity contribution in [2.45, 2.75) is 46.4 Å². The number of nitrogens with zero attached hydrogens (tertiary/aromatic N) is 1. The average molecular weight is 456 g/mol. The van der Waals surface area contributed by atoms with Crippen LogP contribution in [0.4, 0.5) is 0 Å². The Labute approximate surface area is 200 Å². The third-order valence-electron chi connectivity index (χ3n) is 5.38. The molecule has 0 fully saturated rings. The number of carbonyl (C=O) groups excluding carboxylic acids is 2. The van der Waals surface area contributed by atoms with Crippen LogP contribution in [0.15, 0.2) is 78.9 Å². The zero-order chi connectivity index (χ0) is 24.2. The highest BCUT2D eigenvalue weighted by molar-refractivity contribution is 6.48. The summed E-state index contributed by atoms with van der Waals surface area (Å²) in [6.07, 6.45) is 0.0894. The summed E-state index contributed by atoms with van der Waals surface area (Å²) < 4.78 is 11.5. The second kappa shape index (κ2) is 9.96. The van der Waals surface area contributed by atoms with Crippen molar-refractivity contribution in [1.29, 1.82) is 0 Å². The van der Waals surface area contributed by atoms with E-state index < -0.39 is 0 Å². The number of ether oxygens (including phenoxy) is 2. The topological polar surface area (TPSA) is 55.8 Å². The summed E-state index contributed by atoms with van der Waals surface area (Å²) in [5.74, 6) is 0.829. The Morgan fingerprint density at radius 1 is 0.618 bits per heavy atom. The number of imide groups is 1. The van der Waals surface area contributed by atoms with Gasteiger partial charge >= 0.3 is 0 Å². The van der Waals surface area contributed by atoms with Crippen molar-refractivity contribution in [3.05, 3.63) is 95.6 Å². The highest BCUT2D eigenvalue weighted by Gasteiger charge is 2.39. The molecule has 5 nitrogen and oxygen atoms in total. The molecule has 0 aliphatic carbocycles. The maximum absolute atomic E-state index is 13.6. The summed E-state index contributed by atoms with van der Waals surface area (Å²) in [5, 5.41) is 0. The minimum absolute atomic E-state index is 0.0447. The van der Waals surface area contributed by atoms with Crippen LogP contribution in [0.2, 0.25) is 0 Å². The van der Waals surface area contributed by atoms with Gasteiger partial charge in [-0.05, 0) is 68.7 Å². The number of rotatable bonds is 8. The Bertz CT molecular complexity index is 1120. The predicted molar refractivity (Wildman–Crippen MR) is 133 cm³/mol. The first-order valence-electron chi connectivity index (χ1n) is 11.5. The largest absolute Gasteiger partial charge is 0.491 e. The summed E-state index contributed by atoms with van der Waals surface area (Å²) >= 11 is 0. The van der Waals surface area contributed by atoms with Gasteiger partial charge in [0.25, 0.3) is 11.8 Å². The van der Waals surface area contributed by atoms with Crippen LogP contribution in [0.3, 0.4) is 0 Å². The van der Waals surface area contributed by atoms with E-state index in [0.717, 1.165) is 5.56 Å². The molecule has 0 aromatic heterocycles. The van der Waals surface area contributed by atoms with E-state index >= 15 is 0 Å². The smallest absolute Gasteiger partial charge is 0.262 e. The van der Waals surface area contributed by atoms with E-state index in [2.05, 4.69) is 0 Å². The lowest BCUT2D eigenvalue weighted by Crippen LogP contribution is -2.30. The molecule has 5 heteroatoms. The quantitative estimate of drug-likeness (QED) is 0.407. The summed E-state index contributed by atoms with van der Waals surface area (Å²) in [5.41, 5.74) is 3.06. The summed E-state index contributed by atoms with van der Waals surface area (Å²) in [7, 11) is 0. The molecule has 0 atom stereocenters. The molecule has 0 unspecified atom stereocenters. The van der Waals surface area contributed by atoms with Crippen molar-refractivity contribution < 1.29 is 19.1 Å². The van der Waals surface area contributed by atoms with Crippen LogP contribution < -0.4 is 9.47 Å². The van der Waals surface area contributed by atoms with Gasteiger partial charge in [-0.25, -0.2) is 0 Å². The highest BCUT2D eigenvalue weighted by atomic mass is 16.5. The second-order valence-electron chi connectivity index (χ2n) is 8.81. The SMILES string of the molecule is CC(C)Oc1ccc(C2=C(c3ccc(OC(C)C)cc3)C(=O)N(Cc3ccccc3)C2=O)cc1. The Kier molecular flexibility index (Phi) is 6.82. The Morgan fingerprint density at radius 2 is 1.03 bits per heavy atom. The van der Waals surface area contributed by atoms with Gasteiger partial charge in [0.2, 0.25) is 0 Å². The Hall–Kier alpha value is -3.86. The van der Waals surface area contributed by atoms with Gasteiger partial charge in [0.05, 0.1) is 29.9 Å². The fourth-order valence-corrected chi connectivity index (χ4v) is 3.97. The minimum atomic E-state index is -0.302. The van der Waals surface area contributed by atoms with Gasteiger partial charge in [-0.15, -0.1) is 0 Å². The van der Waals surface area contributed by atoms with Crippen LogP contribution >= 0.6 is 0 Å². The maximum Gasteiger partial charge on any atom is 0.262 e. The Balaban J connectivity index is 1.75. The number of amides is 2. The van der Waals surface area contributed by atoms with Crippen LogP contribution in [-0.4, -0.2) is 28.9 Å². The van der Waals surface area contributed by atoms with Gasteiger partial charge in [0.1, 0.15) is 11.5 Å². The second-order valence-corrected chi connectivity index (χ2v) is 8.81. The van der Waals surface area contributed by atoms with E-state index in [1.807, 2.05) is 107 Å². The molecule has 3 aromatic rings. The van der Waals surface area contributed by atoms with Gasteiger partial charge < -0.3 is 9.47 Å². The van der Waals surface area contributed by atoms with Crippen LogP contribution in [0.5, 0.6) is 11.5 Å². The lowest BCUT2D eigenvalue weighted by molar-refractivity contribution is -0.136. The van der Waals surface area contributed by atoms with Crippen LogP contribution in [0.25, 0.3) is 11.1 Å². The molecule has 1 heterocycles. The third-order valence-corrected chi connectivity index (χ3v) is 5.38. The van der Waals surface area contributed by atoms with Crippen molar-refractivity contribution in [1.82, 2.24) is 4.90 Å². The molecular formula is C29H29NO4. The molecule has 0 N–H and O–H groups in total. The van der Waals surface area contributed by atoms with E-state index in [9.17, 15) is 9.59 Å². The summed E-state index contributed by atoms with van der Waals surface area (Å²) in [4.78, 5) is 28.5. The number of hydrogen-bond acceptors (Lipinski definition) is 4. The van der Waals surface area contributed by atoms with E-state index in [1.165, 1.54) is 4.90 Å². The average Bonchev–Trinajstić information content (AvgIpc) is 3.05. The molecule has 34 heavy (non-hydrogen) atoms.